The quantitative estimate of drug-likeness (QED) is 0.726. The van der Waals surface area contributed by atoms with Crippen LogP contribution in [0.25, 0.3) is 0 Å². The Morgan fingerprint density at radius 3 is 2.93 bits per heavy atom. The van der Waals surface area contributed by atoms with Crippen molar-refractivity contribution in [1.29, 1.82) is 0 Å². The van der Waals surface area contributed by atoms with Crippen LogP contribution in [0.2, 0.25) is 0 Å². The largest absolute Gasteiger partial charge is 0.495 e. The average molecular weight is 205 g/mol. The summed E-state index contributed by atoms with van der Waals surface area (Å²) < 4.78 is 5.40. The van der Waals surface area contributed by atoms with Gasteiger partial charge in [-0.3, -0.25) is 0 Å². The molecule has 0 radical (unpaired) electrons. The molecule has 0 fully saturated rings. The standard InChI is InChI=1S/C12H15NO2/c13-10-5-3-4-9(8-10)12(14)11-6-1-2-7-15-11/h3-6,8,12,14H,1-2,7,13H2. The van der Waals surface area contributed by atoms with Crippen molar-refractivity contribution in [2.45, 2.75) is 18.9 Å². The lowest BCUT2D eigenvalue weighted by molar-refractivity contribution is 0.0918. The van der Waals surface area contributed by atoms with E-state index < -0.39 is 6.10 Å². The first-order valence-corrected chi connectivity index (χ1v) is 5.14. The van der Waals surface area contributed by atoms with E-state index in [0.29, 0.717) is 18.1 Å². The van der Waals surface area contributed by atoms with E-state index in [-0.39, 0.29) is 0 Å². The topological polar surface area (TPSA) is 55.5 Å². The third-order valence-corrected chi connectivity index (χ3v) is 2.46. The van der Waals surface area contributed by atoms with Gasteiger partial charge in [0.05, 0.1) is 6.61 Å². The number of anilines is 1. The summed E-state index contributed by atoms with van der Waals surface area (Å²) >= 11 is 0. The van der Waals surface area contributed by atoms with Crippen molar-refractivity contribution < 1.29 is 9.84 Å². The van der Waals surface area contributed by atoms with Gasteiger partial charge in [0.15, 0.2) is 0 Å². The highest BCUT2D eigenvalue weighted by atomic mass is 16.5. The van der Waals surface area contributed by atoms with E-state index in [1.54, 1.807) is 12.1 Å². The van der Waals surface area contributed by atoms with Gasteiger partial charge in [0.2, 0.25) is 0 Å². The summed E-state index contributed by atoms with van der Waals surface area (Å²) in [5.41, 5.74) is 7.09. The fraction of sp³-hybridized carbons (Fsp3) is 0.333. The summed E-state index contributed by atoms with van der Waals surface area (Å²) in [7, 11) is 0. The monoisotopic (exact) mass is 205 g/mol. The molecule has 3 heteroatoms. The van der Waals surface area contributed by atoms with Gasteiger partial charge < -0.3 is 15.6 Å². The minimum absolute atomic E-state index is 0.645. The minimum Gasteiger partial charge on any atom is -0.495 e. The number of aliphatic hydroxyl groups is 1. The van der Waals surface area contributed by atoms with Crippen molar-refractivity contribution in [1.82, 2.24) is 0 Å². The molecule has 1 unspecified atom stereocenters. The Balaban J connectivity index is 2.19. The lowest BCUT2D eigenvalue weighted by Gasteiger charge is -2.20. The average Bonchev–Trinajstić information content (AvgIpc) is 2.29. The first kappa shape index (κ1) is 10.1. The molecule has 0 spiro atoms. The molecule has 2 rings (SSSR count). The number of nitrogen functional groups attached to an aromatic ring is 1. The zero-order valence-electron chi connectivity index (χ0n) is 8.52. The lowest BCUT2D eigenvalue weighted by atomic mass is 10.1. The van der Waals surface area contributed by atoms with E-state index in [2.05, 4.69) is 0 Å². The van der Waals surface area contributed by atoms with Gasteiger partial charge in [-0.15, -0.1) is 0 Å². The molecule has 80 valence electrons. The van der Waals surface area contributed by atoms with E-state index in [1.165, 1.54) is 0 Å². The van der Waals surface area contributed by atoms with Gasteiger partial charge in [0, 0.05) is 5.69 Å². The number of benzene rings is 1. The van der Waals surface area contributed by atoms with E-state index in [1.807, 2.05) is 18.2 Å². The van der Waals surface area contributed by atoms with Crippen molar-refractivity contribution in [3.05, 3.63) is 41.7 Å². The number of aliphatic hydroxyl groups excluding tert-OH is 1. The molecule has 1 aromatic carbocycles. The molecule has 0 aromatic heterocycles. The zero-order valence-corrected chi connectivity index (χ0v) is 8.52. The van der Waals surface area contributed by atoms with Crippen LogP contribution in [0.1, 0.15) is 24.5 Å². The maximum Gasteiger partial charge on any atom is 0.136 e. The highest BCUT2D eigenvalue weighted by Crippen LogP contribution is 2.26. The van der Waals surface area contributed by atoms with E-state index in [0.717, 1.165) is 18.4 Å². The van der Waals surface area contributed by atoms with Gasteiger partial charge in [0.25, 0.3) is 0 Å². The fourth-order valence-corrected chi connectivity index (χ4v) is 1.66. The number of hydrogen-bond donors (Lipinski definition) is 2. The number of rotatable bonds is 2. The third-order valence-electron chi connectivity index (χ3n) is 2.46. The molecule has 0 saturated heterocycles. The smallest absolute Gasteiger partial charge is 0.136 e. The van der Waals surface area contributed by atoms with Crippen LogP contribution in [0.15, 0.2) is 36.1 Å². The normalized spacial score (nSPS) is 17.8. The molecule has 1 aliphatic heterocycles. The van der Waals surface area contributed by atoms with Crippen LogP contribution in [0.3, 0.4) is 0 Å². The second kappa shape index (κ2) is 4.36. The van der Waals surface area contributed by atoms with Crippen molar-refractivity contribution in [2.75, 3.05) is 12.3 Å². The molecule has 15 heavy (non-hydrogen) atoms. The van der Waals surface area contributed by atoms with Crippen molar-refractivity contribution in [3.8, 4) is 0 Å². The molecule has 0 bridgehead atoms. The van der Waals surface area contributed by atoms with Gasteiger partial charge >= 0.3 is 0 Å². The Hall–Kier alpha value is -1.48. The highest BCUT2D eigenvalue weighted by molar-refractivity contribution is 5.42. The van der Waals surface area contributed by atoms with Crippen LogP contribution in [-0.2, 0) is 4.74 Å². The zero-order chi connectivity index (χ0) is 10.7. The summed E-state index contributed by atoms with van der Waals surface area (Å²) in [6.07, 6.45) is 3.24. The van der Waals surface area contributed by atoms with E-state index >= 15 is 0 Å². The second-order valence-corrected chi connectivity index (χ2v) is 3.67. The summed E-state index contributed by atoms with van der Waals surface area (Å²) in [5.74, 6) is 0.645. The van der Waals surface area contributed by atoms with Gasteiger partial charge in [-0.2, -0.15) is 0 Å². The van der Waals surface area contributed by atoms with Crippen LogP contribution < -0.4 is 5.73 Å². The van der Waals surface area contributed by atoms with Crippen LogP contribution in [0.5, 0.6) is 0 Å². The van der Waals surface area contributed by atoms with Crippen molar-refractivity contribution in [2.24, 2.45) is 0 Å². The molecule has 0 amide bonds. The van der Waals surface area contributed by atoms with E-state index in [9.17, 15) is 5.11 Å². The molecule has 1 atom stereocenters. The maximum atomic E-state index is 10.0. The van der Waals surface area contributed by atoms with Crippen LogP contribution >= 0.6 is 0 Å². The Bertz CT molecular complexity index is 374. The van der Waals surface area contributed by atoms with Gasteiger partial charge in [-0.1, -0.05) is 12.1 Å². The number of nitrogens with two attached hydrogens (primary N) is 1. The Morgan fingerprint density at radius 2 is 2.27 bits per heavy atom. The maximum absolute atomic E-state index is 10.0. The van der Waals surface area contributed by atoms with Gasteiger partial charge in [-0.05, 0) is 36.6 Å². The molecule has 1 aliphatic rings. The van der Waals surface area contributed by atoms with Crippen LogP contribution in [0.4, 0.5) is 5.69 Å². The summed E-state index contributed by atoms with van der Waals surface area (Å²) in [5, 5.41) is 10.0. The fourth-order valence-electron chi connectivity index (χ4n) is 1.66. The summed E-state index contributed by atoms with van der Waals surface area (Å²) in [4.78, 5) is 0. The summed E-state index contributed by atoms with van der Waals surface area (Å²) in [6.45, 7) is 0.686. The Kier molecular flexibility index (Phi) is 2.92. The molecule has 0 saturated carbocycles. The number of ether oxygens (including phenoxy) is 1. The number of allylic oxidation sites excluding steroid dienone is 1. The molecular formula is C12H15NO2. The molecular weight excluding hydrogens is 190 g/mol. The van der Waals surface area contributed by atoms with E-state index in [4.69, 9.17) is 10.5 Å². The van der Waals surface area contributed by atoms with Crippen molar-refractivity contribution in [3.63, 3.8) is 0 Å². The molecule has 0 aliphatic carbocycles. The predicted octanol–water partition coefficient (Wildman–Crippen LogP) is 2.00. The first-order valence-electron chi connectivity index (χ1n) is 5.14. The molecule has 1 heterocycles. The highest BCUT2D eigenvalue weighted by Gasteiger charge is 2.16. The second-order valence-electron chi connectivity index (χ2n) is 3.67. The summed E-state index contributed by atoms with van der Waals surface area (Å²) in [6, 6.07) is 7.24. The lowest BCUT2D eigenvalue weighted by Crippen LogP contribution is -2.10. The molecule has 3 N–H and O–H groups in total. The molecule has 1 aromatic rings. The van der Waals surface area contributed by atoms with Crippen LogP contribution in [-0.4, -0.2) is 11.7 Å². The van der Waals surface area contributed by atoms with Gasteiger partial charge in [0.1, 0.15) is 11.9 Å². The van der Waals surface area contributed by atoms with Crippen molar-refractivity contribution >= 4 is 5.69 Å². The molecule has 3 nitrogen and oxygen atoms in total. The Morgan fingerprint density at radius 1 is 1.40 bits per heavy atom. The number of hydrogen-bond acceptors (Lipinski definition) is 3. The predicted molar refractivity (Wildman–Crippen MR) is 59.1 cm³/mol. The first-order chi connectivity index (χ1) is 7.27. The SMILES string of the molecule is Nc1cccc(C(O)C2=CCCCO2)c1. The third kappa shape index (κ3) is 2.30. The van der Waals surface area contributed by atoms with Gasteiger partial charge in [-0.25, -0.2) is 0 Å². The minimum atomic E-state index is -0.686. The Labute approximate surface area is 89.2 Å². The van der Waals surface area contributed by atoms with Crippen LogP contribution in [0, 0.1) is 0 Å².